The molecule has 3 aromatic rings. The Balaban J connectivity index is 1.45. The van der Waals surface area contributed by atoms with Crippen LogP contribution in [0.2, 0.25) is 0 Å². The number of aliphatic hydroxyl groups excluding tert-OH is 1. The van der Waals surface area contributed by atoms with Crippen LogP contribution in [0.4, 0.5) is 5.95 Å². The molecule has 0 spiro atoms. The number of benzene rings is 1. The summed E-state index contributed by atoms with van der Waals surface area (Å²) in [5.74, 6) is -0.560. The normalized spacial score (nSPS) is 31.6. The average molecular weight is 580 g/mol. The van der Waals surface area contributed by atoms with Gasteiger partial charge in [-0.15, -0.1) is 0 Å². The molecule has 2 aliphatic heterocycles. The van der Waals surface area contributed by atoms with E-state index in [-0.39, 0.29) is 23.7 Å². The molecule has 0 radical (unpaired) electrons. The SMILES string of the molecule is [2H]I([3H])P1(=S)OC[C@H]2O[C@@H](n3cnc4c(=O)[nH]c(NC(=O)c5ccccc5)nc43)[C@@H](O)C2O1. The number of aliphatic hydroxyl groups is 1. The Labute approximate surface area is 193 Å². The van der Waals surface area contributed by atoms with Gasteiger partial charge in [-0.05, 0) is 12.1 Å². The molecule has 2 saturated heterocycles. The number of imidazole rings is 1. The van der Waals surface area contributed by atoms with Crippen LogP contribution in [-0.2, 0) is 25.6 Å². The summed E-state index contributed by atoms with van der Waals surface area (Å²) in [6.07, 6.45) is -2.50. The van der Waals surface area contributed by atoms with Crippen LogP contribution in [0, 0.1) is 0 Å². The molecule has 0 bridgehead atoms. The zero-order valence-electron chi connectivity index (χ0n) is 17.5. The van der Waals surface area contributed by atoms with Crippen molar-refractivity contribution in [3.8, 4) is 0 Å². The molecule has 1 aromatic carbocycles. The summed E-state index contributed by atoms with van der Waals surface area (Å²) in [5.41, 5.74) is -0.127. The summed E-state index contributed by atoms with van der Waals surface area (Å²) in [4.78, 5) is 35.8. The molecule has 11 nitrogen and oxygen atoms in total. The van der Waals surface area contributed by atoms with E-state index in [0.29, 0.717) is 5.56 Å². The molecule has 14 heteroatoms. The molecule has 4 heterocycles. The molecule has 2 aliphatic rings. The first-order valence-corrected chi connectivity index (χ1v) is 14.5. The molecule has 31 heavy (non-hydrogen) atoms. The number of carbonyl (C=O) groups is 1. The van der Waals surface area contributed by atoms with E-state index >= 15 is 0 Å². The van der Waals surface area contributed by atoms with Crippen LogP contribution in [0.3, 0.4) is 0 Å². The molecule has 2 aromatic heterocycles. The van der Waals surface area contributed by atoms with E-state index < -0.39 is 61.8 Å². The predicted molar refractivity (Wildman–Crippen MR) is 124 cm³/mol. The topological polar surface area (TPSA) is 141 Å². The third-order valence-electron chi connectivity index (χ3n) is 4.92. The average Bonchev–Trinajstić information content (AvgIpc) is 3.35. The van der Waals surface area contributed by atoms with Crippen molar-refractivity contribution in [2.75, 3.05) is 11.9 Å². The van der Waals surface area contributed by atoms with Gasteiger partial charge in [-0.1, -0.05) is 18.2 Å². The van der Waals surface area contributed by atoms with E-state index in [1.165, 1.54) is 10.9 Å². The zero-order chi connectivity index (χ0) is 23.3. The molecule has 3 N–H and O–H groups in total. The van der Waals surface area contributed by atoms with Gasteiger partial charge in [-0.2, -0.15) is 0 Å². The number of halogens is 1. The van der Waals surface area contributed by atoms with Crippen molar-refractivity contribution in [1.82, 2.24) is 19.5 Å². The quantitative estimate of drug-likeness (QED) is 0.307. The van der Waals surface area contributed by atoms with Crippen LogP contribution < -0.4 is 10.9 Å². The number of ether oxygens (including phenoxy) is 1. The van der Waals surface area contributed by atoms with Crippen LogP contribution in [0.1, 0.15) is 16.6 Å². The van der Waals surface area contributed by atoms with E-state index in [4.69, 9.17) is 26.8 Å². The molecule has 5 rings (SSSR count). The van der Waals surface area contributed by atoms with Crippen molar-refractivity contribution in [2.45, 2.75) is 24.5 Å². The monoisotopic (exact) mass is 580 g/mol. The summed E-state index contributed by atoms with van der Waals surface area (Å²) in [5, 5.41) is 13.4. The number of hydrogen-bond donors (Lipinski definition) is 3. The number of carbonyl (C=O) groups excluding carboxylic acids is 1. The number of aromatic nitrogens is 4. The number of fused-ring (bicyclic) bond motifs is 2. The number of rotatable bonds is 4. The Bertz CT molecular complexity index is 1330. The Morgan fingerprint density at radius 2 is 2.32 bits per heavy atom. The van der Waals surface area contributed by atoms with Crippen molar-refractivity contribution in [3.05, 3.63) is 52.6 Å². The Hall–Kier alpha value is -1.74. The second-order valence-electron chi connectivity index (χ2n) is 6.91. The summed E-state index contributed by atoms with van der Waals surface area (Å²) >= 11 is 2.16. The Morgan fingerprint density at radius 3 is 3.10 bits per heavy atom. The molecule has 164 valence electrons. The van der Waals surface area contributed by atoms with Gasteiger partial charge >= 0.3 is 164 Å². The van der Waals surface area contributed by atoms with Gasteiger partial charge in [0.2, 0.25) is 0 Å². The number of anilines is 1. The van der Waals surface area contributed by atoms with Crippen molar-refractivity contribution >= 4 is 60.6 Å². The summed E-state index contributed by atoms with van der Waals surface area (Å²) in [6.45, 7) is 0.000267. The first-order valence-electron chi connectivity index (χ1n) is 9.87. The summed E-state index contributed by atoms with van der Waals surface area (Å²) in [7, 11) is 0. The Morgan fingerprint density at radius 1 is 1.52 bits per heavy atom. The van der Waals surface area contributed by atoms with Crippen molar-refractivity contribution < 1.29 is 23.7 Å². The van der Waals surface area contributed by atoms with Gasteiger partial charge in [-0.3, -0.25) is 0 Å². The van der Waals surface area contributed by atoms with E-state index in [1.807, 2.05) is 0 Å². The standard InChI is InChI=1S/C17H17IN5O6PS/c18-30(31)27-6-9-12(29-30)11(24)16(28-9)23-7-19-10-13(23)20-17(22-15(10)26)21-14(25)8-4-2-1-3-5-8/h1-5,7,9,11-12,16,24H,6,18H2,(H2,20,21,22,25,26)/t9-,11+,12?,16-,30?/m1/s1/i18TD. The van der Waals surface area contributed by atoms with Gasteiger partial charge < -0.3 is 0 Å². The van der Waals surface area contributed by atoms with Crippen LogP contribution >= 0.6 is 25.8 Å². The zero-order valence-corrected chi connectivity index (χ0v) is 19.4. The van der Waals surface area contributed by atoms with Crippen molar-refractivity contribution in [1.29, 1.82) is 1.19 Å². The number of nitrogens with one attached hydrogen (secondary N) is 2. The summed E-state index contributed by atoms with van der Waals surface area (Å²) < 4.78 is 30.9. The maximum absolute atomic E-state index is 12.5. The molecule has 2 unspecified atom stereocenters. The molecule has 1 amide bonds. The molecule has 2 fully saturated rings. The van der Waals surface area contributed by atoms with Crippen molar-refractivity contribution in [2.24, 2.45) is 0 Å². The number of amides is 1. The molecule has 5 atom stereocenters. The third-order valence-corrected chi connectivity index (χ3v) is 7.97. The molecular weight excluding hydrogens is 560 g/mol. The minimum absolute atomic E-state index is 0.000267. The van der Waals surface area contributed by atoms with Gasteiger partial charge in [-0.25, -0.2) is 0 Å². The molecule has 0 saturated carbocycles. The number of aromatic amines is 1. The second kappa shape index (κ2) is 7.99. The van der Waals surface area contributed by atoms with Gasteiger partial charge in [0.25, 0.3) is 0 Å². The second-order valence-corrected chi connectivity index (χ2v) is 15.5. The van der Waals surface area contributed by atoms with E-state index in [1.54, 1.807) is 30.3 Å². The fourth-order valence-electron chi connectivity index (χ4n) is 3.49. The third kappa shape index (κ3) is 3.95. The van der Waals surface area contributed by atoms with Gasteiger partial charge in [0.1, 0.15) is 0 Å². The first-order chi connectivity index (χ1) is 15.8. The molecule has 0 aliphatic carbocycles. The fraction of sp³-hybridized carbons (Fsp3) is 0.294. The molecular formula is C17H17IN5O6PS. The van der Waals surface area contributed by atoms with Crippen LogP contribution in [0.5, 0.6) is 0 Å². The minimum atomic E-state index is -3.11. The van der Waals surface area contributed by atoms with Crippen LogP contribution in [-0.4, -0.2) is 56.6 Å². The van der Waals surface area contributed by atoms with E-state index in [9.17, 15) is 14.7 Å². The maximum atomic E-state index is 12.5. The number of hydrogen-bond acceptors (Lipinski definition) is 9. The first kappa shape index (κ1) is 18.8. The number of nitrogens with zero attached hydrogens (tertiary/aromatic N) is 3. The van der Waals surface area contributed by atoms with Crippen molar-refractivity contribution in [3.63, 3.8) is 0 Å². The van der Waals surface area contributed by atoms with Gasteiger partial charge in [0.15, 0.2) is 0 Å². The van der Waals surface area contributed by atoms with Crippen LogP contribution in [0.25, 0.3) is 11.2 Å². The fourth-order valence-corrected chi connectivity index (χ4v) is 6.18. The predicted octanol–water partition coefficient (Wildman–Crippen LogP) is 1.17. The van der Waals surface area contributed by atoms with Gasteiger partial charge in [0, 0.05) is 0 Å². The van der Waals surface area contributed by atoms with Crippen LogP contribution in [0.15, 0.2) is 41.5 Å². The van der Waals surface area contributed by atoms with E-state index in [0.717, 1.165) is 0 Å². The van der Waals surface area contributed by atoms with Gasteiger partial charge in [0.05, 0.1) is 0 Å². The Kier molecular flexibility index (Phi) is 4.85. The summed E-state index contributed by atoms with van der Waals surface area (Å²) in [6, 6.07) is 8.42. The van der Waals surface area contributed by atoms with E-state index in [2.05, 4.69) is 20.3 Å². The number of H-pyrrole nitrogens is 1.